The van der Waals surface area contributed by atoms with E-state index in [9.17, 15) is 9.90 Å². The smallest absolute Gasteiger partial charge is 0.251 e. The first-order valence-corrected chi connectivity index (χ1v) is 7.97. The molecule has 116 valence electrons. The van der Waals surface area contributed by atoms with Crippen LogP contribution in [0.2, 0.25) is 0 Å². The largest absolute Gasteiger partial charge is 0.393 e. The third-order valence-corrected chi connectivity index (χ3v) is 4.14. The number of aliphatic hydroxyl groups excluding tert-OH is 1. The number of nitrogens with zero attached hydrogens (tertiary/aromatic N) is 1. The minimum absolute atomic E-state index is 0.0292. The summed E-state index contributed by atoms with van der Waals surface area (Å²) in [5.74, 6) is 0.0292. The highest BCUT2D eigenvalue weighted by molar-refractivity contribution is 5.95. The van der Waals surface area contributed by atoms with Gasteiger partial charge in [0.15, 0.2) is 0 Å². The fourth-order valence-electron chi connectivity index (χ4n) is 2.79. The third kappa shape index (κ3) is 4.83. The maximum atomic E-state index is 12.2. The zero-order chi connectivity index (χ0) is 15.1. The number of piperidine rings is 1. The van der Waals surface area contributed by atoms with Gasteiger partial charge in [-0.1, -0.05) is 25.1 Å². The molecule has 0 atom stereocenters. The average Bonchev–Trinajstić information content (AvgIpc) is 2.53. The number of aliphatic hydroxyl groups is 1. The topological polar surface area (TPSA) is 52.6 Å². The number of carbonyl (C=O) groups excluding carboxylic acids is 1. The summed E-state index contributed by atoms with van der Waals surface area (Å²) in [5.41, 5.74) is 1.89. The van der Waals surface area contributed by atoms with Crippen molar-refractivity contribution in [1.29, 1.82) is 0 Å². The van der Waals surface area contributed by atoms with Crippen LogP contribution in [-0.4, -0.2) is 48.2 Å². The van der Waals surface area contributed by atoms with Crippen molar-refractivity contribution in [2.45, 2.75) is 38.7 Å². The molecule has 0 unspecified atom stereocenters. The first kappa shape index (κ1) is 16.0. The van der Waals surface area contributed by atoms with Crippen LogP contribution in [0.3, 0.4) is 0 Å². The van der Waals surface area contributed by atoms with Crippen LogP contribution in [-0.2, 0) is 6.42 Å². The van der Waals surface area contributed by atoms with Gasteiger partial charge < -0.3 is 15.3 Å². The second kappa shape index (κ2) is 8.15. The molecule has 0 aromatic heterocycles. The molecule has 4 heteroatoms. The SMILES string of the molecule is CCc1ccccc1C(=O)NCCCN1CCC(O)CC1. The van der Waals surface area contributed by atoms with Crippen LogP contribution < -0.4 is 5.32 Å². The number of likely N-dealkylation sites (tertiary alicyclic amines) is 1. The van der Waals surface area contributed by atoms with E-state index in [1.54, 1.807) is 0 Å². The highest BCUT2D eigenvalue weighted by Gasteiger charge is 2.16. The summed E-state index contributed by atoms with van der Waals surface area (Å²) >= 11 is 0. The number of carbonyl (C=O) groups is 1. The van der Waals surface area contributed by atoms with Gasteiger partial charge >= 0.3 is 0 Å². The molecule has 4 nitrogen and oxygen atoms in total. The molecule has 1 aliphatic rings. The highest BCUT2D eigenvalue weighted by Crippen LogP contribution is 2.10. The Kier molecular flexibility index (Phi) is 6.21. The Morgan fingerprint density at radius 2 is 2.05 bits per heavy atom. The van der Waals surface area contributed by atoms with Gasteiger partial charge in [-0.2, -0.15) is 0 Å². The van der Waals surface area contributed by atoms with Crippen LogP contribution in [0.1, 0.15) is 42.1 Å². The lowest BCUT2D eigenvalue weighted by atomic mass is 10.0. The number of hydrogen-bond acceptors (Lipinski definition) is 3. The molecule has 1 aliphatic heterocycles. The summed E-state index contributed by atoms with van der Waals surface area (Å²) in [6.45, 7) is 5.69. The second-order valence-electron chi connectivity index (χ2n) is 5.69. The van der Waals surface area contributed by atoms with Gasteiger partial charge in [0.1, 0.15) is 0 Å². The summed E-state index contributed by atoms with van der Waals surface area (Å²) in [6, 6.07) is 7.78. The van der Waals surface area contributed by atoms with E-state index in [0.29, 0.717) is 6.54 Å². The summed E-state index contributed by atoms with van der Waals surface area (Å²) in [5, 5.41) is 12.5. The van der Waals surface area contributed by atoms with Crippen LogP contribution in [0.5, 0.6) is 0 Å². The van der Waals surface area contributed by atoms with Crippen molar-refractivity contribution in [3.05, 3.63) is 35.4 Å². The van der Waals surface area contributed by atoms with Gasteiger partial charge in [0.2, 0.25) is 0 Å². The molecule has 1 amide bonds. The lowest BCUT2D eigenvalue weighted by molar-refractivity contribution is 0.0816. The minimum atomic E-state index is -0.119. The zero-order valence-corrected chi connectivity index (χ0v) is 12.8. The van der Waals surface area contributed by atoms with E-state index in [1.807, 2.05) is 24.3 Å². The Bertz CT molecular complexity index is 454. The standard InChI is InChI=1S/C17H26N2O2/c1-2-14-6-3-4-7-16(14)17(21)18-10-5-11-19-12-8-15(20)9-13-19/h3-4,6-7,15,20H,2,5,8-13H2,1H3,(H,18,21). The molecule has 1 fully saturated rings. The van der Waals surface area contributed by atoms with Crippen LogP contribution in [0.4, 0.5) is 0 Å². The maximum Gasteiger partial charge on any atom is 0.251 e. The van der Waals surface area contributed by atoms with Crippen molar-refractivity contribution in [2.75, 3.05) is 26.2 Å². The normalized spacial score (nSPS) is 16.9. The average molecular weight is 290 g/mol. The number of rotatable bonds is 6. The molecule has 0 aliphatic carbocycles. The Hall–Kier alpha value is -1.39. The molecule has 0 radical (unpaired) electrons. The summed E-state index contributed by atoms with van der Waals surface area (Å²) in [7, 11) is 0. The van der Waals surface area contributed by atoms with Crippen molar-refractivity contribution < 1.29 is 9.90 Å². The van der Waals surface area contributed by atoms with E-state index >= 15 is 0 Å². The molecular formula is C17H26N2O2. The molecule has 1 heterocycles. The molecule has 0 saturated carbocycles. The molecule has 2 rings (SSSR count). The highest BCUT2D eigenvalue weighted by atomic mass is 16.3. The van der Waals surface area contributed by atoms with Crippen molar-refractivity contribution in [1.82, 2.24) is 10.2 Å². The number of benzene rings is 1. The Labute approximate surface area is 127 Å². The number of amides is 1. The van der Waals surface area contributed by atoms with Gasteiger partial charge in [-0.15, -0.1) is 0 Å². The van der Waals surface area contributed by atoms with Crippen LogP contribution >= 0.6 is 0 Å². The van der Waals surface area contributed by atoms with E-state index < -0.39 is 0 Å². The molecule has 0 spiro atoms. The number of nitrogens with one attached hydrogen (secondary N) is 1. The molecular weight excluding hydrogens is 264 g/mol. The fourth-order valence-corrected chi connectivity index (χ4v) is 2.79. The van der Waals surface area contributed by atoms with Gasteiger partial charge in [-0.05, 0) is 43.9 Å². The van der Waals surface area contributed by atoms with Crippen molar-refractivity contribution in [2.24, 2.45) is 0 Å². The predicted octanol–water partition coefficient (Wildman–Crippen LogP) is 1.83. The number of aryl methyl sites for hydroxylation is 1. The van der Waals surface area contributed by atoms with Gasteiger partial charge in [-0.3, -0.25) is 4.79 Å². The summed E-state index contributed by atoms with van der Waals surface area (Å²) in [6.07, 6.45) is 3.45. The molecule has 0 bridgehead atoms. The molecule has 1 aromatic rings. The molecule has 1 aromatic carbocycles. The van der Waals surface area contributed by atoms with Gasteiger partial charge in [0.25, 0.3) is 5.91 Å². The van der Waals surface area contributed by atoms with E-state index in [4.69, 9.17) is 0 Å². The lowest BCUT2D eigenvalue weighted by Gasteiger charge is -2.29. The Morgan fingerprint density at radius 3 is 2.76 bits per heavy atom. The summed E-state index contributed by atoms with van der Waals surface area (Å²) in [4.78, 5) is 14.5. The van der Waals surface area contributed by atoms with E-state index in [0.717, 1.165) is 56.4 Å². The van der Waals surface area contributed by atoms with Gasteiger partial charge in [0.05, 0.1) is 6.10 Å². The fraction of sp³-hybridized carbons (Fsp3) is 0.588. The first-order valence-electron chi connectivity index (χ1n) is 7.97. The Morgan fingerprint density at radius 1 is 1.33 bits per heavy atom. The monoisotopic (exact) mass is 290 g/mol. The second-order valence-corrected chi connectivity index (χ2v) is 5.69. The van der Waals surface area contributed by atoms with Crippen molar-refractivity contribution in [3.8, 4) is 0 Å². The van der Waals surface area contributed by atoms with E-state index in [-0.39, 0.29) is 12.0 Å². The zero-order valence-electron chi connectivity index (χ0n) is 12.8. The predicted molar refractivity (Wildman–Crippen MR) is 84.5 cm³/mol. The molecule has 1 saturated heterocycles. The lowest BCUT2D eigenvalue weighted by Crippen LogP contribution is -2.37. The quantitative estimate of drug-likeness (QED) is 0.786. The Balaban J connectivity index is 1.70. The van der Waals surface area contributed by atoms with Crippen LogP contribution in [0.15, 0.2) is 24.3 Å². The van der Waals surface area contributed by atoms with Crippen molar-refractivity contribution >= 4 is 5.91 Å². The molecule has 21 heavy (non-hydrogen) atoms. The van der Waals surface area contributed by atoms with Crippen LogP contribution in [0, 0.1) is 0 Å². The van der Waals surface area contributed by atoms with Crippen LogP contribution in [0.25, 0.3) is 0 Å². The van der Waals surface area contributed by atoms with Crippen molar-refractivity contribution in [3.63, 3.8) is 0 Å². The summed E-state index contributed by atoms with van der Waals surface area (Å²) < 4.78 is 0. The minimum Gasteiger partial charge on any atom is -0.393 e. The molecule has 2 N–H and O–H groups in total. The van der Waals surface area contributed by atoms with Gasteiger partial charge in [-0.25, -0.2) is 0 Å². The van der Waals surface area contributed by atoms with E-state index in [1.165, 1.54) is 0 Å². The maximum absolute atomic E-state index is 12.2. The first-order chi connectivity index (χ1) is 10.2. The number of hydrogen-bond donors (Lipinski definition) is 2. The van der Waals surface area contributed by atoms with Gasteiger partial charge in [0, 0.05) is 25.2 Å². The van der Waals surface area contributed by atoms with E-state index in [2.05, 4.69) is 17.1 Å². The third-order valence-electron chi connectivity index (χ3n) is 4.14.